The molecule has 0 aliphatic rings. The van der Waals surface area contributed by atoms with Crippen molar-refractivity contribution in [2.45, 2.75) is 19.9 Å². The number of carbonyl (C=O) groups excluding carboxylic acids is 1. The van der Waals surface area contributed by atoms with Crippen LogP contribution < -0.4 is 10.0 Å². The standard InChI is InChI=1S/C15H18N4O5S/c1-2-8-25(23,24)18-12-5-3-4-11(9-12)15(22)16-13-6-7-19(17-13)10-14(20)21/h3-7,9,18H,2,8,10H2,1H3,(H,20,21)(H,16,17,22). The van der Waals surface area contributed by atoms with Gasteiger partial charge in [-0.15, -0.1) is 0 Å². The highest BCUT2D eigenvalue weighted by Gasteiger charge is 2.12. The molecule has 1 aromatic carbocycles. The molecule has 0 unspecified atom stereocenters. The Morgan fingerprint density at radius 1 is 1.28 bits per heavy atom. The lowest BCUT2D eigenvalue weighted by molar-refractivity contribution is -0.137. The summed E-state index contributed by atoms with van der Waals surface area (Å²) < 4.78 is 27.2. The maximum Gasteiger partial charge on any atom is 0.325 e. The minimum atomic E-state index is -3.45. The Balaban J connectivity index is 2.08. The van der Waals surface area contributed by atoms with Gasteiger partial charge in [0, 0.05) is 23.5 Å². The predicted octanol–water partition coefficient (Wildman–Crippen LogP) is 1.37. The third kappa shape index (κ3) is 5.60. The van der Waals surface area contributed by atoms with E-state index in [1.54, 1.807) is 19.1 Å². The summed E-state index contributed by atoms with van der Waals surface area (Å²) in [6.45, 7) is 1.44. The zero-order chi connectivity index (χ0) is 18.4. The Bertz CT molecular complexity index is 876. The average Bonchev–Trinajstić information content (AvgIpc) is 2.93. The number of aromatic nitrogens is 2. The van der Waals surface area contributed by atoms with Crippen molar-refractivity contribution in [3.63, 3.8) is 0 Å². The number of nitrogens with one attached hydrogen (secondary N) is 2. The van der Waals surface area contributed by atoms with Crippen LogP contribution in [0.3, 0.4) is 0 Å². The van der Waals surface area contributed by atoms with Gasteiger partial charge in [-0.1, -0.05) is 13.0 Å². The fourth-order valence-electron chi connectivity index (χ4n) is 2.07. The number of anilines is 2. The second-order valence-electron chi connectivity index (χ2n) is 5.25. The maximum absolute atomic E-state index is 12.2. The number of aliphatic carboxylic acids is 1. The summed E-state index contributed by atoms with van der Waals surface area (Å²) in [5.41, 5.74) is 0.530. The number of carboxylic acids is 1. The van der Waals surface area contributed by atoms with Crippen molar-refractivity contribution in [1.29, 1.82) is 0 Å². The Morgan fingerprint density at radius 2 is 2.04 bits per heavy atom. The number of hydrogen-bond donors (Lipinski definition) is 3. The molecule has 0 saturated heterocycles. The van der Waals surface area contributed by atoms with E-state index in [1.165, 1.54) is 29.1 Å². The van der Waals surface area contributed by atoms with Crippen molar-refractivity contribution in [2.24, 2.45) is 0 Å². The van der Waals surface area contributed by atoms with E-state index in [9.17, 15) is 18.0 Å². The minimum absolute atomic E-state index is 0.00949. The molecule has 0 aliphatic carbocycles. The largest absolute Gasteiger partial charge is 0.480 e. The molecule has 0 spiro atoms. The van der Waals surface area contributed by atoms with E-state index in [0.29, 0.717) is 6.42 Å². The molecule has 10 heteroatoms. The molecule has 9 nitrogen and oxygen atoms in total. The van der Waals surface area contributed by atoms with Crippen LogP contribution in [0.2, 0.25) is 0 Å². The third-order valence-corrected chi connectivity index (χ3v) is 4.54. The number of sulfonamides is 1. The first-order valence-corrected chi connectivity index (χ1v) is 9.11. The lowest BCUT2D eigenvalue weighted by Crippen LogP contribution is -2.17. The van der Waals surface area contributed by atoms with Gasteiger partial charge < -0.3 is 10.4 Å². The zero-order valence-corrected chi connectivity index (χ0v) is 14.3. The van der Waals surface area contributed by atoms with E-state index in [0.717, 1.165) is 0 Å². The van der Waals surface area contributed by atoms with Gasteiger partial charge in [0.2, 0.25) is 10.0 Å². The van der Waals surface area contributed by atoms with E-state index in [1.807, 2.05) is 0 Å². The van der Waals surface area contributed by atoms with Crippen molar-refractivity contribution in [2.75, 3.05) is 15.8 Å². The van der Waals surface area contributed by atoms with Gasteiger partial charge in [-0.2, -0.15) is 5.10 Å². The summed E-state index contributed by atoms with van der Waals surface area (Å²) in [6, 6.07) is 7.51. The van der Waals surface area contributed by atoms with Gasteiger partial charge >= 0.3 is 5.97 Å². The van der Waals surface area contributed by atoms with Gasteiger partial charge in [-0.05, 0) is 24.6 Å². The Kier molecular flexibility index (Phi) is 5.75. The van der Waals surface area contributed by atoms with E-state index in [4.69, 9.17) is 5.11 Å². The highest BCUT2D eigenvalue weighted by Crippen LogP contribution is 2.14. The van der Waals surface area contributed by atoms with Gasteiger partial charge in [0.05, 0.1) is 5.75 Å². The van der Waals surface area contributed by atoms with E-state index >= 15 is 0 Å². The van der Waals surface area contributed by atoms with Crippen LogP contribution in [0.1, 0.15) is 23.7 Å². The Morgan fingerprint density at radius 3 is 2.72 bits per heavy atom. The first kappa shape index (κ1) is 18.5. The van der Waals surface area contributed by atoms with Gasteiger partial charge in [0.15, 0.2) is 5.82 Å². The Labute approximate surface area is 144 Å². The highest BCUT2D eigenvalue weighted by molar-refractivity contribution is 7.92. The quantitative estimate of drug-likeness (QED) is 0.647. The maximum atomic E-state index is 12.2. The third-order valence-electron chi connectivity index (χ3n) is 3.05. The fraction of sp³-hybridized carbons (Fsp3) is 0.267. The molecule has 0 fully saturated rings. The van der Waals surface area contributed by atoms with Gasteiger partial charge in [-0.25, -0.2) is 8.42 Å². The number of carboxylic acid groups (broad SMARTS) is 1. The predicted molar refractivity (Wildman–Crippen MR) is 92.0 cm³/mol. The summed E-state index contributed by atoms with van der Waals surface area (Å²) in [6.07, 6.45) is 1.91. The molecule has 1 amide bonds. The summed E-state index contributed by atoms with van der Waals surface area (Å²) >= 11 is 0. The van der Waals surface area contributed by atoms with Crippen LogP contribution in [-0.2, 0) is 21.4 Å². The molecule has 0 radical (unpaired) electrons. The monoisotopic (exact) mass is 366 g/mol. The first-order valence-electron chi connectivity index (χ1n) is 7.46. The van der Waals surface area contributed by atoms with Crippen molar-refractivity contribution in [3.8, 4) is 0 Å². The summed E-state index contributed by atoms with van der Waals surface area (Å²) in [5.74, 6) is -1.35. The first-order chi connectivity index (χ1) is 11.8. The van der Waals surface area contributed by atoms with Crippen LogP contribution in [0.5, 0.6) is 0 Å². The molecule has 0 atom stereocenters. The van der Waals surface area contributed by atoms with E-state index in [-0.39, 0.29) is 29.4 Å². The fourth-order valence-corrected chi connectivity index (χ4v) is 3.19. The molecular weight excluding hydrogens is 348 g/mol. The van der Waals surface area contributed by atoms with Crippen LogP contribution in [0.4, 0.5) is 11.5 Å². The number of nitrogens with zero attached hydrogens (tertiary/aromatic N) is 2. The lowest BCUT2D eigenvalue weighted by Gasteiger charge is -2.08. The molecule has 134 valence electrons. The topological polar surface area (TPSA) is 130 Å². The minimum Gasteiger partial charge on any atom is -0.480 e. The molecule has 0 aliphatic heterocycles. The van der Waals surface area contributed by atoms with Crippen LogP contribution in [0.15, 0.2) is 36.5 Å². The van der Waals surface area contributed by atoms with Crippen molar-refractivity contribution in [1.82, 2.24) is 9.78 Å². The summed E-state index contributed by atoms with van der Waals surface area (Å²) in [7, 11) is -3.45. The van der Waals surface area contributed by atoms with E-state index < -0.39 is 21.9 Å². The average molecular weight is 366 g/mol. The zero-order valence-electron chi connectivity index (χ0n) is 13.5. The second kappa shape index (κ2) is 7.79. The highest BCUT2D eigenvalue weighted by atomic mass is 32.2. The molecule has 2 rings (SSSR count). The molecule has 1 aromatic heterocycles. The number of benzene rings is 1. The second-order valence-corrected chi connectivity index (χ2v) is 7.09. The molecule has 2 aromatic rings. The van der Waals surface area contributed by atoms with Crippen molar-refractivity contribution in [3.05, 3.63) is 42.1 Å². The van der Waals surface area contributed by atoms with E-state index in [2.05, 4.69) is 15.1 Å². The molecule has 0 bridgehead atoms. The number of rotatable bonds is 8. The summed E-state index contributed by atoms with van der Waals surface area (Å²) in [4.78, 5) is 22.9. The van der Waals surface area contributed by atoms with Crippen molar-refractivity contribution >= 4 is 33.4 Å². The van der Waals surface area contributed by atoms with Gasteiger partial charge in [-0.3, -0.25) is 19.0 Å². The van der Waals surface area contributed by atoms with Gasteiger partial charge in [0.1, 0.15) is 6.54 Å². The normalized spacial score (nSPS) is 11.1. The number of hydrogen-bond acceptors (Lipinski definition) is 5. The molecule has 25 heavy (non-hydrogen) atoms. The van der Waals surface area contributed by atoms with Crippen LogP contribution in [0, 0.1) is 0 Å². The Hall–Kier alpha value is -2.88. The molecule has 3 N–H and O–H groups in total. The number of carbonyl (C=O) groups is 2. The van der Waals surface area contributed by atoms with Crippen LogP contribution in [0.25, 0.3) is 0 Å². The van der Waals surface area contributed by atoms with Crippen molar-refractivity contribution < 1.29 is 23.1 Å². The smallest absolute Gasteiger partial charge is 0.325 e. The summed E-state index contributed by atoms with van der Waals surface area (Å²) in [5, 5.41) is 15.1. The lowest BCUT2D eigenvalue weighted by atomic mass is 10.2. The van der Waals surface area contributed by atoms with Crippen LogP contribution >= 0.6 is 0 Å². The van der Waals surface area contributed by atoms with Gasteiger partial charge in [0.25, 0.3) is 5.91 Å². The SMILES string of the molecule is CCCS(=O)(=O)Nc1cccc(C(=O)Nc2ccn(CC(=O)O)n2)c1. The number of amides is 1. The van der Waals surface area contributed by atoms with Crippen LogP contribution in [-0.4, -0.2) is 40.9 Å². The molecular formula is C15H18N4O5S. The molecule has 1 heterocycles. The molecule has 0 saturated carbocycles.